The minimum Gasteiger partial charge on any atom is -0.339 e. The number of rotatable bonds is 2. The second-order valence-corrected chi connectivity index (χ2v) is 5.76. The van der Waals surface area contributed by atoms with E-state index >= 15 is 0 Å². The van der Waals surface area contributed by atoms with Crippen LogP contribution in [-0.4, -0.2) is 19.9 Å². The molecule has 4 heteroatoms. The third kappa shape index (κ3) is 2.08. The van der Waals surface area contributed by atoms with Crippen molar-refractivity contribution in [3.8, 4) is 22.5 Å². The normalized spacial score (nSPS) is 11.9. The highest BCUT2D eigenvalue weighted by Crippen LogP contribution is 2.28. The molecule has 0 aliphatic carbocycles. The average Bonchev–Trinajstić information content (AvgIpc) is 3.25. The standard InChI is InChI=1S/C20H14N4/c1-4-13(17-11-15-6-2-8-21-19(15)23-17)10-14(5-1)18-12-16-7-3-9-22-20(16)24-18/h1-12H,(H,21,23)(H,22,24)/i1D. The second kappa shape index (κ2) is 5.06. The molecule has 114 valence electrons. The Labute approximate surface area is 139 Å². The van der Waals surface area contributed by atoms with Crippen LogP contribution in [0.1, 0.15) is 1.37 Å². The summed E-state index contributed by atoms with van der Waals surface area (Å²) in [4.78, 5) is 15.3. The van der Waals surface area contributed by atoms with Crippen LogP contribution in [0, 0.1) is 0 Å². The third-order valence-electron chi connectivity index (χ3n) is 4.19. The van der Waals surface area contributed by atoms with Crippen LogP contribution in [0.15, 0.2) is 73.0 Å². The molecule has 0 radical (unpaired) electrons. The molecule has 0 saturated heterocycles. The molecule has 0 atom stereocenters. The number of hydrogen-bond acceptors (Lipinski definition) is 2. The maximum Gasteiger partial charge on any atom is 0.137 e. The Morgan fingerprint density at radius 2 is 1.25 bits per heavy atom. The van der Waals surface area contributed by atoms with E-state index in [1.807, 2.05) is 36.4 Å². The number of aromatic amines is 2. The fraction of sp³-hybridized carbons (Fsp3) is 0. The Bertz CT molecular complexity index is 1060. The van der Waals surface area contributed by atoms with Gasteiger partial charge in [-0.3, -0.25) is 0 Å². The summed E-state index contributed by atoms with van der Waals surface area (Å²) in [6, 6.07) is 18.3. The maximum absolute atomic E-state index is 8.19. The van der Waals surface area contributed by atoms with Crippen LogP contribution >= 0.6 is 0 Å². The molecule has 0 fully saturated rings. The quantitative estimate of drug-likeness (QED) is 0.493. The first-order valence-corrected chi connectivity index (χ1v) is 7.76. The van der Waals surface area contributed by atoms with Crippen molar-refractivity contribution in [1.29, 1.82) is 0 Å². The van der Waals surface area contributed by atoms with Gasteiger partial charge in [-0.2, -0.15) is 0 Å². The van der Waals surface area contributed by atoms with E-state index in [-0.39, 0.29) is 0 Å². The molecule has 4 heterocycles. The molecule has 2 N–H and O–H groups in total. The fourth-order valence-electron chi connectivity index (χ4n) is 3.01. The number of fused-ring (bicyclic) bond motifs is 2. The summed E-state index contributed by atoms with van der Waals surface area (Å²) in [5, 5.41) is 2.12. The van der Waals surface area contributed by atoms with E-state index in [4.69, 9.17) is 1.37 Å². The van der Waals surface area contributed by atoms with Gasteiger partial charge in [-0.25, -0.2) is 9.97 Å². The lowest BCUT2D eigenvalue weighted by molar-refractivity contribution is 1.32. The summed E-state index contributed by atoms with van der Waals surface area (Å²) >= 11 is 0. The van der Waals surface area contributed by atoms with Crippen molar-refractivity contribution in [2.45, 2.75) is 0 Å². The number of nitrogens with one attached hydrogen (secondary N) is 2. The molecule has 0 bridgehead atoms. The van der Waals surface area contributed by atoms with E-state index in [1.54, 1.807) is 12.4 Å². The molecule has 4 aromatic heterocycles. The van der Waals surface area contributed by atoms with Crippen molar-refractivity contribution in [3.05, 3.63) is 73.0 Å². The van der Waals surface area contributed by atoms with Crippen molar-refractivity contribution in [2.24, 2.45) is 0 Å². The molecule has 5 aromatic rings. The van der Waals surface area contributed by atoms with Crippen LogP contribution in [0.3, 0.4) is 0 Å². The third-order valence-corrected chi connectivity index (χ3v) is 4.19. The number of benzene rings is 1. The van der Waals surface area contributed by atoms with Gasteiger partial charge in [-0.1, -0.05) is 18.2 Å². The molecule has 0 aliphatic heterocycles. The van der Waals surface area contributed by atoms with Gasteiger partial charge in [-0.05, 0) is 53.6 Å². The highest BCUT2D eigenvalue weighted by atomic mass is 14.9. The summed E-state index contributed by atoms with van der Waals surface area (Å²) in [6.45, 7) is 0. The predicted octanol–water partition coefficient (Wildman–Crippen LogP) is 4.77. The summed E-state index contributed by atoms with van der Waals surface area (Å²) in [7, 11) is 0. The number of H-pyrrole nitrogens is 2. The van der Waals surface area contributed by atoms with E-state index in [0.717, 1.165) is 44.6 Å². The summed E-state index contributed by atoms with van der Waals surface area (Å²) < 4.78 is 8.19. The fourth-order valence-corrected chi connectivity index (χ4v) is 3.01. The van der Waals surface area contributed by atoms with Crippen molar-refractivity contribution < 1.29 is 1.37 Å². The van der Waals surface area contributed by atoms with Crippen LogP contribution in [-0.2, 0) is 0 Å². The average molecular weight is 311 g/mol. The lowest BCUT2D eigenvalue weighted by atomic mass is 10.1. The minimum atomic E-state index is 0.464. The zero-order valence-corrected chi connectivity index (χ0v) is 12.7. The van der Waals surface area contributed by atoms with Gasteiger partial charge in [0, 0.05) is 34.6 Å². The maximum atomic E-state index is 8.19. The number of nitrogens with zero attached hydrogens (tertiary/aromatic N) is 2. The molecular formula is C20H14N4. The zero-order chi connectivity index (χ0) is 16.8. The van der Waals surface area contributed by atoms with Gasteiger partial charge < -0.3 is 9.97 Å². The lowest BCUT2D eigenvalue weighted by Gasteiger charge is -2.02. The van der Waals surface area contributed by atoms with Gasteiger partial charge in [0.25, 0.3) is 0 Å². The Hall–Kier alpha value is -3.40. The van der Waals surface area contributed by atoms with Crippen molar-refractivity contribution in [1.82, 2.24) is 19.9 Å². The largest absolute Gasteiger partial charge is 0.339 e. The SMILES string of the molecule is [2H]c1cc(-c2cc3cccnc3[nH]2)cc(-c2cc3cccnc3[nH]2)c1. The Kier molecular flexibility index (Phi) is 2.55. The highest BCUT2D eigenvalue weighted by molar-refractivity contribution is 5.86. The van der Waals surface area contributed by atoms with Crippen molar-refractivity contribution in [3.63, 3.8) is 0 Å². The molecule has 0 spiro atoms. The minimum absolute atomic E-state index is 0.464. The highest BCUT2D eigenvalue weighted by Gasteiger charge is 2.07. The van der Waals surface area contributed by atoms with E-state index in [0.29, 0.717) is 6.04 Å². The molecule has 24 heavy (non-hydrogen) atoms. The topological polar surface area (TPSA) is 57.4 Å². The van der Waals surface area contributed by atoms with E-state index in [2.05, 4.69) is 38.1 Å². The number of aromatic nitrogens is 4. The molecule has 4 nitrogen and oxygen atoms in total. The molecule has 0 amide bonds. The lowest BCUT2D eigenvalue weighted by Crippen LogP contribution is -1.82. The summed E-state index contributed by atoms with van der Waals surface area (Å²) in [5.41, 5.74) is 5.55. The molecule has 1 aromatic carbocycles. The van der Waals surface area contributed by atoms with Crippen LogP contribution in [0.4, 0.5) is 0 Å². The molecule has 0 saturated carbocycles. The van der Waals surface area contributed by atoms with Crippen LogP contribution in [0.25, 0.3) is 44.6 Å². The van der Waals surface area contributed by atoms with Gasteiger partial charge in [0.15, 0.2) is 0 Å². The molecule has 0 aliphatic rings. The van der Waals surface area contributed by atoms with E-state index in [9.17, 15) is 0 Å². The Balaban J connectivity index is 1.66. The Morgan fingerprint density at radius 3 is 1.75 bits per heavy atom. The predicted molar refractivity (Wildman–Crippen MR) is 96.6 cm³/mol. The monoisotopic (exact) mass is 311 g/mol. The molecule has 5 rings (SSSR count). The Morgan fingerprint density at radius 1 is 0.708 bits per heavy atom. The number of hydrogen-bond donors (Lipinski definition) is 2. The van der Waals surface area contributed by atoms with E-state index in [1.165, 1.54) is 0 Å². The summed E-state index contributed by atoms with van der Waals surface area (Å²) in [5.74, 6) is 0. The van der Waals surface area contributed by atoms with Gasteiger partial charge in [0.05, 0.1) is 1.37 Å². The van der Waals surface area contributed by atoms with E-state index < -0.39 is 0 Å². The van der Waals surface area contributed by atoms with Crippen LogP contribution in [0.2, 0.25) is 0 Å². The van der Waals surface area contributed by atoms with Gasteiger partial charge in [0.1, 0.15) is 11.3 Å². The van der Waals surface area contributed by atoms with Crippen LogP contribution < -0.4 is 0 Å². The smallest absolute Gasteiger partial charge is 0.137 e. The molecule has 0 unspecified atom stereocenters. The van der Waals surface area contributed by atoms with Gasteiger partial charge in [-0.15, -0.1) is 0 Å². The van der Waals surface area contributed by atoms with Crippen LogP contribution in [0.5, 0.6) is 0 Å². The van der Waals surface area contributed by atoms with Crippen molar-refractivity contribution in [2.75, 3.05) is 0 Å². The first-order chi connectivity index (χ1) is 12.3. The summed E-state index contributed by atoms with van der Waals surface area (Å²) in [6.07, 6.45) is 3.54. The second-order valence-electron chi connectivity index (χ2n) is 5.76. The first kappa shape index (κ1) is 12.1. The van der Waals surface area contributed by atoms with Gasteiger partial charge in [0.2, 0.25) is 0 Å². The van der Waals surface area contributed by atoms with Crippen molar-refractivity contribution >= 4 is 22.1 Å². The zero-order valence-electron chi connectivity index (χ0n) is 13.7. The van der Waals surface area contributed by atoms with Gasteiger partial charge >= 0.3 is 0 Å². The molecular weight excluding hydrogens is 296 g/mol. The number of pyridine rings is 2. The first-order valence-electron chi connectivity index (χ1n) is 8.26.